The number of nitrogens with zero attached hydrogens (tertiary/aromatic N) is 1. The Bertz CT molecular complexity index is 1290. The van der Waals surface area contributed by atoms with E-state index in [4.69, 9.17) is 4.74 Å². The molecule has 0 radical (unpaired) electrons. The fourth-order valence-corrected chi connectivity index (χ4v) is 7.21. The van der Waals surface area contributed by atoms with Crippen LogP contribution in [0.15, 0.2) is 47.4 Å². The fourth-order valence-electron chi connectivity index (χ4n) is 4.92. The molecule has 1 amide bonds. The summed E-state index contributed by atoms with van der Waals surface area (Å²) in [5.41, 5.74) is -7.92. The Balaban J connectivity index is 1.97. The molecule has 196 valence electrons. The topological polar surface area (TPSA) is 63.7 Å². The number of carbonyl (C=O) groups excluding carboxylic acids is 1. The molecule has 2 atom stereocenters. The Kier molecular flexibility index (Phi) is 5.85. The molecule has 2 aromatic rings. The maximum absolute atomic E-state index is 14.7. The molecule has 4 rings (SSSR count). The van der Waals surface area contributed by atoms with Crippen molar-refractivity contribution in [2.24, 2.45) is 0 Å². The third-order valence-electron chi connectivity index (χ3n) is 6.66. The number of fused-ring (bicyclic) bond motifs is 3. The van der Waals surface area contributed by atoms with E-state index in [0.717, 1.165) is 31.2 Å². The zero-order valence-corrected chi connectivity index (χ0v) is 19.1. The van der Waals surface area contributed by atoms with Gasteiger partial charge in [0.2, 0.25) is 5.91 Å². The van der Waals surface area contributed by atoms with Crippen molar-refractivity contribution in [3.05, 3.63) is 59.4 Å². The van der Waals surface area contributed by atoms with E-state index in [9.17, 15) is 48.3 Å². The second-order valence-electron chi connectivity index (χ2n) is 8.50. The van der Waals surface area contributed by atoms with Gasteiger partial charge in [0.1, 0.15) is 22.9 Å². The highest BCUT2D eigenvalue weighted by Gasteiger charge is 2.74. The Morgan fingerprint density at radius 2 is 1.58 bits per heavy atom. The first kappa shape index (κ1) is 26.2. The van der Waals surface area contributed by atoms with Crippen LogP contribution in [0.2, 0.25) is 0 Å². The number of halogens is 8. The molecule has 0 spiro atoms. The molecule has 2 unspecified atom stereocenters. The summed E-state index contributed by atoms with van der Waals surface area (Å²) in [5, 5.41) is 0. The maximum Gasteiger partial charge on any atom is 0.435 e. The molecule has 2 aliphatic heterocycles. The Morgan fingerprint density at radius 1 is 1.00 bits per heavy atom. The number of hydrogen-bond donors (Lipinski definition) is 0. The predicted molar refractivity (Wildman–Crippen MR) is 108 cm³/mol. The van der Waals surface area contributed by atoms with Crippen molar-refractivity contribution < 1.29 is 53.1 Å². The third-order valence-corrected chi connectivity index (χ3v) is 9.21. The zero-order chi connectivity index (χ0) is 26.9. The van der Waals surface area contributed by atoms with Crippen LogP contribution in [-0.2, 0) is 25.0 Å². The van der Waals surface area contributed by atoms with Crippen LogP contribution in [0.5, 0.6) is 5.75 Å². The number of ether oxygens (including phenoxy) is 1. The lowest BCUT2D eigenvalue weighted by atomic mass is 9.85. The molecule has 2 aliphatic rings. The van der Waals surface area contributed by atoms with Gasteiger partial charge in [-0.1, -0.05) is 12.1 Å². The summed E-state index contributed by atoms with van der Waals surface area (Å²) in [4.78, 5) is 13.0. The zero-order valence-electron chi connectivity index (χ0n) is 18.3. The molecule has 1 saturated heterocycles. The molecular formula is C22H17F8NO4S. The van der Waals surface area contributed by atoms with E-state index in [1.165, 1.54) is 4.90 Å². The van der Waals surface area contributed by atoms with Crippen molar-refractivity contribution in [3.8, 4) is 5.75 Å². The number of alkyl halides is 7. The minimum Gasteiger partial charge on any atom is -0.491 e. The van der Waals surface area contributed by atoms with Gasteiger partial charge in [0.05, 0.1) is 10.9 Å². The summed E-state index contributed by atoms with van der Waals surface area (Å²) in [7, 11) is -4.54. The van der Waals surface area contributed by atoms with Crippen molar-refractivity contribution in [3.63, 3.8) is 0 Å². The van der Waals surface area contributed by atoms with Gasteiger partial charge in [-0.05, 0) is 36.8 Å². The van der Waals surface area contributed by atoms with E-state index in [2.05, 4.69) is 0 Å². The number of benzene rings is 2. The molecular weight excluding hydrogens is 526 g/mol. The van der Waals surface area contributed by atoms with Gasteiger partial charge in [0.25, 0.3) is 0 Å². The number of hydrogen-bond acceptors (Lipinski definition) is 4. The molecule has 0 aliphatic carbocycles. The first-order chi connectivity index (χ1) is 16.5. The smallest absolute Gasteiger partial charge is 0.435 e. The Morgan fingerprint density at radius 3 is 2.11 bits per heavy atom. The first-order valence-electron chi connectivity index (χ1n) is 10.4. The molecule has 2 heterocycles. The molecule has 1 fully saturated rings. The summed E-state index contributed by atoms with van der Waals surface area (Å²) >= 11 is 0. The SMILES string of the molecule is CC(=O)N1CCC2(S(=O)(=O)c3ccc(F)cc3)c3ccc(C(F)(C(F)(F)F)C(F)(F)F)cc3OCC12. The van der Waals surface area contributed by atoms with Crippen LogP contribution in [0.4, 0.5) is 35.1 Å². The molecule has 5 nitrogen and oxygen atoms in total. The van der Waals surface area contributed by atoms with Crippen molar-refractivity contribution in [2.75, 3.05) is 13.2 Å². The summed E-state index contributed by atoms with van der Waals surface area (Å²) in [6.07, 6.45) is -13.0. The van der Waals surface area contributed by atoms with Gasteiger partial charge >= 0.3 is 18.0 Å². The molecule has 0 aromatic heterocycles. The highest BCUT2D eigenvalue weighted by Crippen LogP contribution is 2.57. The molecule has 14 heteroatoms. The summed E-state index contributed by atoms with van der Waals surface area (Å²) < 4.78 is 139. The third kappa shape index (κ3) is 3.47. The Hall–Kier alpha value is -2.90. The quantitative estimate of drug-likeness (QED) is 0.413. The average molecular weight is 543 g/mol. The van der Waals surface area contributed by atoms with E-state index in [0.29, 0.717) is 6.07 Å². The lowest BCUT2D eigenvalue weighted by molar-refractivity contribution is -0.348. The van der Waals surface area contributed by atoms with Gasteiger partial charge in [-0.3, -0.25) is 4.79 Å². The fraction of sp³-hybridized carbons (Fsp3) is 0.409. The summed E-state index contributed by atoms with van der Waals surface area (Å²) in [5.74, 6) is -2.00. The molecule has 36 heavy (non-hydrogen) atoms. The highest BCUT2D eigenvalue weighted by molar-refractivity contribution is 7.92. The standard InChI is InChI=1S/C22H17F8NO4S/c1-12(32)31-9-8-19(36(33,34)15-5-3-14(23)4-6-15)16-7-2-13(10-17(16)35-11-18(19)31)20(24,21(25,26)27)22(28,29)30/h2-7,10,18H,8-9,11H2,1H3. The lowest BCUT2D eigenvalue weighted by Crippen LogP contribution is -2.54. The van der Waals surface area contributed by atoms with Gasteiger partial charge < -0.3 is 9.64 Å². The van der Waals surface area contributed by atoms with Crippen LogP contribution in [0, 0.1) is 5.82 Å². The van der Waals surface area contributed by atoms with E-state index in [-0.39, 0.29) is 35.6 Å². The average Bonchev–Trinajstić information content (AvgIpc) is 3.19. The van der Waals surface area contributed by atoms with Crippen molar-refractivity contribution in [1.82, 2.24) is 4.90 Å². The predicted octanol–water partition coefficient (Wildman–Crippen LogP) is 4.80. The normalized spacial score (nSPS) is 22.6. The van der Waals surface area contributed by atoms with Gasteiger partial charge in [-0.15, -0.1) is 0 Å². The van der Waals surface area contributed by atoms with Crippen LogP contribution >= 0.6 is 0 Å². The number of sulfone groups is 1. The van der Waals surface area contributed by atoms with Gasteiger partial charge in [-0.25, -0.2) is 17.2 Å². The van der Waals surface area contributed by atoms with Gasteiger partial charge in [-0.2, -0.15) is 26.3 Å². The van der Waals surface area contributed by atoms with Crippen LogP contribution in [0.25, 0.3) is 0 Å². The molecule has 0 N–H and O–H groups in total. The van der Waals surface area contributed by atoms with Gasteiger partial charge in [0, 0.05) is 24.6 Å². The summed E-state index contributed by atoms with van der Waals surface area (Å²) in [6.45, 7) is 0.431. The van der Waals surface area contributed by atoms with E-state index < -0.39 is 68.3 Å². The molecule has 0 bridgehead atoms. The maximum atomic E-state index is 14.7. The van der Waals surface area contributed by atoms with Crippen molar-refractivity contribution in [2.45, 2.75) is 47.1 Å². The van der Waals surface area contributed by atoms with Crippen LogP contribution in [0.3, 0.4) is 0 Å². The lowest BCUT2D eigenvalue weighted by Gasteiger charge is -2.42. The van der Waals surface area contributed by atoms with Crippen LogP contribution in [-0.4, -0.2) is 50.8 Å². The van der Waals surface area contributed by atoms with Crippen molar-refractivity contribution >= 4 is 15.7 Å². The highest BCUT2D eigenvalue weighted by atomic mass is 32.2. The van der Waals surface area contributed by atoms with Crippen LogP contribution in [0.1, 0.15) is 24.5 Å². The Labute approximate surface area is 199 Å². The largest absolute Gasteiger partial charge is 0.491 e. The molecule has 0 saturated carbocycles. The van der Waals surface area contributed by atoms with Gasteiger partial charge in [0.15, 0.2) is 9.84 Å². The molecule has 2 aromatic carbocycles. The van der Waals surface area contributed by atoms with Crippen molar-refractivity contribution in [1.29, 1.82) is 0 Å². The number of rotatable bonds is 3. The second-order valence-corrected chi connectivity index (χ2v) is 10.7. The van der Waals surface area contributed by atoms with E-state index >= 15 is 0 Å². The first-order valence-corrected chi connectivity index (χ1v) is 11.8. The van der Waals surface area contributed by atoms with E-state index in [1.807, 2.05) is 0 Å². The second kappa shape index (κ2) is 8.05. The minimum atomic E-state index is -6.38. The number of carbonyl (C=O) groups is 1. The van der Waals surface area contributed by atoms with Crippen LogP contribution < -0.4 is 4.74 Å². The number of amides is 1. The summed E-state index contributed by atoms with van der Waals surface area (Å²) in [6, 6.07) is 3.48. The number of likely N-dealkylation sites (tertiary alicyclic amines) is 1. The minimum absolute atomic E-state index is 0.122. The monoisotopic (exact) mass is 543 g/mol. The van der Waals surface area contributed by atoms with E-state index in [1.54, 1.807) is 0 Å².